The molecule has 1 aliphatic rings. The number of carbonyl (C=O) groups excluding carboxylic acids is 1. The molecule has 2 rings (SSSR count). The van der Waals surface area contributed by atoms with Gasteiger partial charge in [-0.25, -0.2) is 0 Å². The molecule has 92 valence electrons. The van der Waals surface area contributed by atoms with Crippen molar-refractivity contribution in [2.45, 2.75) is 32.2 Å². The average molecular weight is 232 g/mol. The molecule has 0 aromatic heterocycles. The van der Waals surface area contributed by atoms with E-state index in [2.05, 4.69) is 5.32 Å². The first-order chi connectivity index (χ1) is 8.18. The van der Waals surface area contributed by atoms with Crippen LogP contribution in [-0.4, -0.2) is 25.5 Å². The van der Waals surface area contributed by atoms with Crippen molar-refractivity contribution in [3.05, 3.63) is 29.8 Å². The van der Waals surface area contributed by atoms with E-state index in [4.69, 9.17) is 0 Å². The molecule has 3 nitrogen and oxygen atoms in total. The molecule has 1 amide bonds. The number of hydrogen-bond acceptors (Lipinski definition) is 2. The molecule has 0 saturated carbocycles. The van der Waals surface area contributed by atoms with Crippen LogP contribution in [0.4, 0.5) is 5.69 Å². The molecule has 1 atom stereocenters. The molecule has 1 heterocycles. The number of rotatable bonds is 2. The molecule has 17 heavy (non-hydrogen) atoms. The van der Waals surface area contributed by atoms with Crippen molar-refractivity contribution in [3.63, 3.8) is 0 Å². The van der Waals surface area contributed by atoms with Crippen molar-refractivity contribution in [2.24, 2.45) is 0 Å². The number of carbonyl (C=O) groups is 1. The summed E-state index contributed by atoms with van der Waals surface area (Å²) in [6.07, 6.45) is 3.28. The maximum atomic E-state index is 12.2. The van der Waals surface area contributed by atoms with Crippen molar-refractivity contribution < 1.29 is 4.79 Å². The predicted octanol–water partition coefficient (Wildman–Crippen LogP) is 2.10. The van der Waals surface area contributed by atoms with Gasteiger partial charge in [-0.2, -0.15) is 0 Å². The van der Waals surface area contributed by atoms with Crippen molar-refractivity contribution in [3.8, 4) is 0 Å². The van der Waals surface area contributed by atoms with E-state index in [0.717, 1.165) is 25.1 Å². The van der Waals surface area contributed by atoms with Crippen LogP contribution in [0.5, 0.6) is 0 Å². The molecular weight excluding hydrogens is 212 g/mol. The Morgan fingerprint density at radius 2 is 2.00 bits per heavy atom. The van der Waals surface area contributed by atoms with Gasteiger partial charge >= 0.3 is 0 Å². The summed E-state index contributed by atoms with van der Waals surface area (Å²) < 4.78 is 0. The quantitative estimate of drug-likeness (QED) is 0.847. The van der Waals surface area contributed by atoms with Crippen LogP contribution in [0.2, 0.25) is 0 Å². The molecule has 0 spiro atoms. The Morgan fingerprint density at radius 1 is 1.29 bits per heavy atom. The third-order valence-corrected chi connectivity index (χ3v) is 3.36. The maximum absolute atomic E-state index is 12.2. The van der Waals surface area contributed by atoms with Crippen LogP contribution >= 0.6 is 0 Å². The Bertz CT molecular complexity index is 380. The van der Waals surface area contributed by atoms with Crippen molar-refractivity contribution >= 4 is 11.6 Å². The van der Waals surface area contributed by atoms with E-state index >= 15 is 0 Å². The number of hydrogen-bond donors (Lipinski definition) is 1. The number of aryl methyl sites for hydroxylation is 1. The van der Waals surface area contributed by atoms with E-state index in [-0.39, 0.29) is 11.9 Å². The highest BCUT2D eigenvalue weighted by molar-refractivity contribution is 5.96. The maximum Gasteiger partial charge on any atom is 0.243 e. The van der Waals surface area contributed by atoms with Crippen LogP contribution in [0.1, 0.15) is 24.8 Å². The Kier molecular flexibility index (Phi) is 3.79. The van der Waals surface area contributed by atoms with E-state index in [9.17, 15) is 4.79 Å². The second kappa shape index (κ2) is 5.32. The van der Waals surface area contributed by atoms with Gasteiger partial charge in [-0.15, -0.1) is 0 Å². The minimum absolute atomic E-state index is 0.00458. The largest absolute Gasteiger partial charge is 0.314 e. The lowest BCUT2D eigenvalue weighted by Gasteiger charge is -2.27. The zero-order chi connectivity index (χ0) is 12.3. The number of anilines is 1. The molecular formula is C14H20N2O. The molecule has 1 aromatic rings. The molecule has 0 radical (unpaired) electrons. The van der Waals surface area contributed by atoms with E-state index in [1.807, 2.05) is 38.2 Å². The lowest BCUT2D eigenvalue weighted by Crippen LogP contribution is -2.47. The Morgan fingerprint density at radius 3 is 2.59 bits per heavy atom. The first-order valence-electron chi connectivity index (χ1n) is 6.26. The first-order valence-corrected chi connectivity index (χ1v) is 6.26. The van der Waals surface area contributed by atoms with Gasteiger partial charge in [0.1, 0.15) is 0 Å². The smallest absolute Gasteiger partial charge is 0.243 e. The van der Waals surface area contributed by atoms with Crippen LogP contribution < -0.4 is 10.2 Å². The number of piperidine rings is 1. The third-order valence-electron chi connectivity index (χ3n) is 3.36. The standard InChI is InChI=1S/C14H20N2O/c1-11-6-8-12(9-7-11)16(2)14(17)13-5-3-4-10-15-13/h6-9,13,15H,3-5,10H2,1-2H3. The number of amides is 1. The third kappa shape index (κ3) is 2.86. The highest BCUT2D eigenvalue weighted by Crippen LogP contribution is 2.17. The number of nitrogens with one attached hydrogen (secondary N) is 1. The summed E-state index contributed by atoms with van der Waals surface area (Å²) in [4.78, 5) is 14.0. The van der Waals surface area contributed by atoms with Gasteiger partial charge in [-0.1, -0.05) is 24.1 Å². The molecule has 3 heteroatoms. The summed E-state index contributed by atoms with van der Waals surface area (Å²) in [5, 5.41) is 3.29. The normalized spacial score (nSPS) is 20.0. The Labute approximate surface area is 103 Å². The van der Waals surface area contributed by atoms with Gasteiger partial charge in [0.2, 0.25) is 5.91 Å². The molecule has 1 saturated heterocycles. The summed E-state index contributed by atoms with van der Waals surface area (Å²) in [5.41, 5.74) is 2.18. The zero-order valence-corrected chi connectivity index (χ0v) is 10.6. The molecule has 1 unspecified atom stereocenters. The van der Waals surface area contributed by atoms with Gasteiger partial charge in [-0.3, -0.25) is 4.79 Å². The monoisotopic (exact) mass is 232 g/mol. The van der Waals surface area contributed by atoms with Crippen LogP contribution in [-0.2, 0) is 4.79 Å². The van der Waals surface area contributed by atoms with Gasteiger partial charge in [-0.05, 0) is 38.4 Å². The fourth-order valence-corrected chi connectivity index (χ4v) is 2.19. The van der Waals surface area contributed by atoms with Crippen molar-refractivity contribution in [1.82, 2.24) is 5.32 Å². The highest BCUT2D eigenvalue weighted by Gasteiger charge is 2.24. The van der Waals surface area contributed by atoms with Gasteiger partial charge in [0.25, 0.3) is 0 Å². The highest BCUT2D eigenvalue weighted by atomic mass is 16.2. The SMILES string of the molecule is Cc1ccc(N(C)C(=O)C2CCCCN2)cc1. The van der Waals surface area contributed by atoms with Gasteiger partial charge in [0.15, 0.2) is 0 Å². The Balaban J connectivity index is 2.05. The lowest BCUT2D eigenvalue weighted by atomic mass is 10.0. The molecule has 0 bridgehead atoms. The van der Waals surface area contributed by atoms with Crippen molar-refractivity contribution in [1.29, 1.82) is 0 Å². The average Bonchev–Trinajstić information content (AvgIpc) is 2.39. The second-order valence-electron chi connectivity index (χ2n) is 4.74. The van der Waals surface area contributed by atoms with Crippen LogP contribution in [0.15, 0.2) is 24.3 Å². The van der Waals surface area contributed by atoms with E-state index in [1.165, 1.54) is 12.0 Å². The molecule has 1 N–H and O–H groups in total. The first kappa shape index (κ1) is 12.1. The topological polar surface area (TPSA) is 32.3 Å². The fourth-order valence-electron chi connectivity index (χ4n) is 2.19. The minimum atomic E-state index is -0.00458. The van der Waals surface area contributed by atoms with E-state index in [0.29, 0.717) is 0 Å². The second-order valence-corrected chi connectivity index (χ2v) is 4.74. The number of likely N-dealkylation sites (N-methyl/N-ethyl adjacent to an activating group) is 1. The summed E-state index contributed by atoms with van der Waals surface area (Å²) >= 11 is 0. The summed E-state index contributed by atoms with van der Waals surface area (Å²) in [6, 6.07) is 8.06. The number of nitrogens with zero attached hydrogens (tertiary/aromatic N) is 1. The van der Waals surface area contributed by atoms with Gasteiger partial charge < -0.3 is 10.2 Å². The van der Waals surface area contributed by atoms with Crippen LogP contribution in [0.3, 0.4) is 0 Å². The summed E-state index contributed by atoms with van der Waals surface area (Å²) in [6.45, 7) is 3.01. The van der Waals surface area contributed by atoms with Crippen LogP contribution in [0, 0.1) is 6.92 Å². The van der Waals surface area contributed by atoms with E-state index < -0.39 is 0 Å². The molecule has 0 aliphatic carbocycles. The Hall–Kier alpha value is -1.35. The van der Waals surface area contributed by atoms with Gasteiger partial charge in [0, 0.05) is 12.7 Å². The lowest BCUT2D eigenvalue weighted by molar-refractivity contribution is -0.120. The van der Waals surface area contributed by atoms with Gasteiger partial charge in [0.05, 0.1) is 6.04 Å². The van der Waals surface area contributed by atoms with Crippen LogP contribution in [0.25, 0.3) is 0 Å². The minimum Gasteiger partial charge on any atom is -0.314 e. The summed E-state index contributed by atoms with van der Waals surface area (Å²) in [7, 11) is 1.85. The molecule has 1 fully saturated rings. The van der Waals surface area contributed by atoms with E-state index in [1.54, 1.807) is 4.90 Å². The predicted molar refractivity (Wildman–Crippen MR) is 70.2 cm³/mol. The molecule has 1 aliphatic heterocycles. The number of benzene rings is 1. The molecule has 1 aromatic carbocycles. The fraction of sp³-hybridized carbons (Fsp3) is 0.500. The van der Waals surface area contributed by atoms with Crippen molar-refractivity contribution in [2.75, 3.05) is 18.5 Å². The summed E-state index contributed by atoms with van der Waals surface area (Å²) in [5.74, 6) is 0.175. The zero-order valence-electron chi connectivity index (χ0n) is 10.6.